The summed E-state index contributed by atoms with van der Waals surface area (Å²) in [7, 11) is 1.90. The van der Waals surface area contributed by atoms with Gasteiger partial charge in [0.05, 0.1) is 23.1 Å². The summed E-state index contributed by atoms with van der Waals surface area (Å²) in [5, 5.41) is 5.96. The van der Waals surface area contributed by atoms with Gasteiger partial charge in [0.25, 0.3) is 0 Å². The fourth-order valence-electron chi connectivity index (χ4n) is 2.94. The summed E-state index contributed by atoms with van der Waals surface area (Å²) in [5.74, 6) is 0. The molecule has 0 unspecified atom stereocenters. The van der Waals surface area contributed by atoms with Crippen molar-refractivity contribution < 1.29 is 13.2 Å². The summed E-state index contributed by atoms with van der Waals surface area (Å²) in [6.07, 6.45) is -1.16. The zero-order chi connectivity index (χ0) is 21.4. The van der Waals surface area contributed by atoms with Crippen molar-refractivity contribution in [3.63, 3.8) is 0 Å². The lowest BCUT2D eigenvalue weighted by Gasteiger charge is -2.26. The molecular formula is C21H23F3N4S. The molecule has 4 nitrogen and oxygen atoms in total. The Balaban J connectivity index is 1.81. The van der Waals surface area contributed by atoms with E-state index in [0.717, 1.165) is 24.5 Å². The van der Waals surface area contributed by atoms with Gasteiger partial charge in [0.2, 0.25) is 0 Å². The maximum Gasteiger partial charge on any atom is 0.399 e. The van der Waals surface area contributed by atoms with Crippen molar-refractivity contribution in [1.82, 2.24) is 15.0 Å². The minimum absolute atomic E-state index is 0.111. The average molecular weight is 421 g/mol. The fourth-order valence-corrected chi connectivity index (χ4v) is 3.75. The maximum absolute atomic E-state index is 13.2. The molecule has 0 aliphatic carbocycles. The number of hydrogen-bond acceptors (Lipinski definition) is 5. The Kier molecular flexibility index (Phi) is 5.67. The number of benzene rings is 1. The van der Waals surface area contributed by atoms with Gasteiger partial charge >= 0.3 is 6.18 Å². The second kappa shape index (κ2) is 7.74. The first-order valence-electron chi connectivity index (χ1n) is 9.15. The number of anilines is 1. The molecule has 3 aromatic rings. The van der Waals surface area contributed by atoms with Gasteiger partial charge in [0.1, 0.15) is 16.8 Å². The lowest BCUT2D eigenvalue weighted by molar-refractivity contribution is -0.181. The van der Waals surface area contributed by atoms with Gasteiger partial charge in [-0.25, -0.2) is 4.98 Å². The van der Waals surface area contributed by atoms with Gasteiger partial charge in [-0.3, -0.25) is 9.97 Å². The molecule has 1 N–H and O–H groups in total. The van der Waals surface area contributed by atoms with Crippen molar-refractivity contribution >= 4 is 17.0 Å². The third kappa shape index (κ3) is 4.27. The van der Waals surface area contributed by atoms with Gasteiger partial charge in [-0.1, -0.05) is 6.07 Å². The first kappa shape index (κ1) is 21.2. The molecule has 8 heteroatoms. The Bertz CT molecular complexity index is 1010. The van der Waals surface area contributed by atoms with Gasteiger partial charge in [-0.05, 0) is 50.5 Å². The van der Waals surface area contributed by atoms with Crippen LogP contribution in [0.25, 0.3) is 11.4 Å². The molecule has 0 amide bonds. The second-order valence-corrected chi connectivity index (χ2v) is 8.50. The highest BCUT2D eigenvalue weighted by atomic mass is 32.1. The van der Waals surface area contributed by atoms with Gasteiger partial charge in [-0.15, -0.1) is 11.3 Å². The molecule has 1 aromatic carbocycles. The number of rotatable bonds is 5. The number of alkyl halides is 3. The largest absolute Gasteiger partial charge is 0.399 e. The van der Waals surface area contributed by atoms with Crippen LogP contribution < -0.4 is 5.32 Å². The van der Waals surface area contributed by atoms with Gasteiger partial charge in [0, 0.05) is 24.5 Å². The SMILES string of the molecule is CNc1cc(C)c(Cc2nc(-c3cnc(C(C)(C)C(F)(F)F)cn3)cs2)cc1C. The lowest BCUT2D eigenvalue weighted by atomic mass is 9.89. The first-order chi connectivity index (χ1) is 13.5. The molecule has 0 saturated heterocycles. The van der Waals surface area contributed by atoms with E-state index >= 15 is 0 Å². The van der Waals surface area contributed by atoms with Crippen LogP contribution in [0.1, 0.15) is 41.2 Å². The zero-order valence-electron chi connectivity index (χ0n) is 17.0. The van der Waals surface area contributed by atoms with Crippen molar-refractivity contribution in [2.24, 2.45) is 0 Å². The molecular weight excluding hydrogens is 397 g/mol. The maximum atomic E-state index is 13.2. The van der Waals surface area contributed by atoms with Crippen LogP contribution in [0.3, 0.4) is 0 Å². The summed E-state index contributed by atoms with van der Waals surface area (Å²) in [6, 6.07) is 4.27. The number of hydrogen-bond donors (Lipinski definition) is 1. The van der Waals surface area contributed by atoms with Crippen molar-refractivity contribution in [3.8, 4) is 11.4 Å². The van der Waals surface area contributed by atoms with Crippen molar-refractivity contribution in [1.29, 1.82) is 0 Å². The Labute approximate surface area is 172 Å². The molecule has 0 fully saturated rings. The number of aromatic nitrogens is 3. The molecule has 0 bridgehead atoms. The highest BCUT2D eigenvalue weighted by molar-refractivity contribution is 7.10. The molecule has 0 atom stereocenters. The molecule has 2 heterocycles. The molecule has 154 valence electrons. The topological polar surface area (TPSA) is 50.7 Å². The van der Waals surface area contributed by atoms with Crippen LogP contribution in [-0.4, -0.2) is 28.2 Å². The van der Waals surface area contributed by atoms with Crippen molar-refractivity contribution in [2.45, 2.75) is 45.7 Å². The minimum Gasteiger partial charge on any atom is -0.388 e. The van der Waals surface area contributed by atoms with E-state index in [-0.39, 0.29) is 5.69 Å². The molecule has 0 aliphatic heterocycles. The summed E-state index contributed by atoms with van der Waals surface area (Å²) in [5.41, 5.74) is 3.55. The average Bonchev–Trinajstić information content (AvgIpc) is 3.12. The normalized spacial score (nSPS) is 12.3. The third-order valence-corrected chi connectivity index (χ3v) is 5.96. The molecule has 0 radical (unpaired) electrons. The van der Waals surface area contributed by atoms with E-state index < -0.39 is 11.6 Å². The molecule has 3 rings (SSSR count). The highest BCUT2D eigenvalue weighted by Gasteiger charge is 2.49. The molecule has 0 saturated carbocycles. The van der Waals surface area contributed by atoms with Crippen LogP contribution in [0.5, 0.6) is 0 Å². The number of aryl methyl sites for hydroxylation is 2. The summed E-state index contributed by atoms with van der Waals surface area (Å²) in [6.45, 7) is 6.32. The smallest absolute Gasteiger partial charge is 0.388 e. The van der Waals surface area contributed by atoms with Gasteiger partial charge in [-0.2, -0.15) is 13.2 Å². The number of nitrogens with zero attached hydrogens (tertiary/aromatic N) is 3. The predicted octanol–water partition coefficient (Wildman–Crippen LogP) is 5.69. The Morgan fingerprint density at radius 2 is 1.72 bits per heavy atom. The quantitative estimate of drug-likeness (QED) is 0.576. The van der Waals surface area contributed by atoms with Crippen LogP contribution in [-0.2, 0) is 11.8 Å². The van der Waals surface area contributed by atoms with E-state index in [0.29, 0.717) is 17.8 Å². The molecule has 2 aromatic heterocycles. The monoisotopic (exact) mass is 420 g/mol. The number of halogens is 3. The number of nitrogens with one attached hydrogen (secondary N) is 1. The fraction of sp³-hybridized carbons (Fsp3) is 0.381. The van der Waals surface area contributed by atoms with Crippen molar-refractivity contribution in [2.75, 3.05) is 12.4 Å². The van der Waals surface area contributed by atoms with E-state index in [2.05, 4.69) is 46.2 Å². The summed E-state index contributed by atoms with van der Waals surface area (Å²) < 4.78 is 39.5. The van der Waals surface area contributed by atoms with Crippen LogP contribution in [0.2, 0.25) is 0 Å². The lowest BCUT2D eigenvalue weighted by Crippen LogP contribution is -2.37. The summed E-state index contributed by atoms with van der Waals surface area (Å²) >= 11 is 1.50. The highest BCUT2D eigenvalue weighted by Crippen LogP contribution is 2.39. The Morgan fingerprint density at radius 3 is 2.31 bits per heavy atom. The predicted molar refractivity (Wildman–Crippen MR) is 110 cm³/mol. The van der Waals surface area contributed by atoms with E-state index in [9.17, 15) is 13.2 Å². The van der Waals surface area contributed by atoms with E-state index in [1.54, 1.807) is 0 Å². The second-order valence-electron chi connectivity index (χ2n) is 7.56. The number of thiazole rings is 1. The minimum atomic E-state index is -4.39. The van der Waals surface area contributed by atoms with E-state index in [1.807, 2.05) is 12.4 Å². The van der Waals surface area contributed by atoms with Gasteiger partial charge in [0.15, 0.2) is 0 Å². The van der Waals surface area contributed by atoms with Crippen LogP contribution in [0, 0.1) is 13.8 Å². The summed E-state index contributed by atoms with van der Waals surface area (Å²) in [4.78, 5) is 12.8. The van der Waals surface area contributed by atoms with Crippen molar-refractivity contribution in [3.05, 3.63) is 57.3 Å². The molecule has 0 aliphatic rings. The van der Waals surface area contributed by atoms with E-state index in [1.165, 1.54) is 40.4 Å². The third-order valence-electron chi connectivity index (χ3n) is 5.11. The van der Waals surface area contributed by atoms with Crippen LogP contribution in [0.4, 0.5) is 18.9 Å². The van der Waals surface area contributed by atoms with Gasteiger partial charge < -0.3 is 5.32 Å². The molecule has 29 heavy (non-hydrogen) atoms. The van der Waals surface area contributed by atoms with E-state index in [4.69, 9.17) is 0 Å². The van der Waals surface area contributed by atoms with Crippen LogP contribution in [0.15, 0.2) is 29.9 Å². The molecule has 0 spiro atoms. The van der Waals surface area contributed by atoms with Crippen LogP contribution >= 0.6 is 11.3 Å². The Morgan fingerprint density at radius 1 is 1.00 bits per heavy atom. The standard InChI is InChI=1S/C21H23F3N4S/c1-12-7-15(25-5)13(2)6-14(12)8-19-28-17(11-29-19)16-9-27-18(10-26-16)20(3,4)21(22,23)24/h6-7,9-11,25H,8H2,1-5H3. The zero-order valence-corrected chi connectivity index (χ0v) is 17.8. The first-order valence-corrected chi connectivity index (χ1v) is 10.0. The Hall–Kier alpha value is -2.48.